The molecule has 0 N–H and O–H groups in total. The average molecular weight is 537 g/mol. The molecule has 1 heterocycles. The van der Waals surface area contributed by atoms with Gasteiger partial charge in [0.2, 0.25) is 0 Å². The number of benzene rings is 6. The molecule has 0 aliphatic heterocycles. The van der Waals surface area contributed by atoms with Gasteiger partial charge in [-0.25, -0.2) is 9.97 Å². The summed E-state index contributed by atoms with van der Waals surface area (Å²) in [6.45, 7) is 0. The van der Waals surface area contributed by atoms with E-state index in [9.17, 15) is 0 Å². The zero-order chi connectivity index (χ0) is 24.8. The van der Waals surface area contributed by atoms with Gasteiger partial charge in [-0.15, -0.1) is 0 Å². The molecular formula is C34H21BrN2. The van der Waals surface area contributed by atoms with Gasteiger partial charge in [0, 0.05) is 21.0 Å². The minimum absolute atomic E-state index is 0.727. The second-order valence-electron chi connectivity index (χ2n) is 9.23. The fourth-order valence-electron chi connectivity index (χ4n) is 5.06. The Bertz CT molecular complexity index is 1940. The zero-order valence-corrected chi connectivity index (χ0v) is 21.5. The van der Waals surface area contributed by atoms with E-state index in [1.807, 2.05) is 0 Å². The van der Waals surface area contributed by atoms with Crippen LogP contribution >= 0.6 is 15.9 Å². The van der Waals surface area contributed by atoms with Gasteiger partial charge >= 0.3 is 0 Å². The number of nitrogens with zero attached hydrogens (tertiary/aromatic N) is 2. The lowest BCUT2D eigenvalue weighted by molar-refractivity contribution is 1.23. The van der Waals surface area contributed by atoms with E-state index in [1.54, 1.807) is 0 Å². The van der Waals surface area contributed by atoms with Crippen LogP contribution in [0.25, 0.3) is 66.2 Å². The number of fused-ring (bicyclic) bond motifs is 4. The predicted octanol–water partition coefficient (Wildman–Crippen LogP) is 9.70. The van der Waals surface area contributed by atoms with E-state index < -0.39 is 0 Å². The van der Waals surface area contributed by atoms with E-state index >= 15 is 0 Å². The molecule has 0 aliphatic rings. The van der Waals surface area contributed by atoms with Crippen molar-refractivity contribution in [3.05, 3.63) is 132 Å². The first-order valence-corrected chi connectivity index (χ1v) is 13.1. The van der Waals surface area contributed by atoms with Crippen molar-refractivity contribution < 1.29 is 0 Å². The van der Waals surface area contributed by atoms with Gasteiger partial charge in [-0.05, 0) is 63.0 Å². The fraction of sp³-hybridized carbons (Fsp3) is 0. The van der Waals surface area contributed by atoms with Crippen LogP contribution in [0.2, 0.25) is 0 Å². The minimum Gasteiger partial charge on any atom is -0.228 e. The lowest BCUT2D eigenvalue weighted by Crippen LogP contribution is -1.96. The molecule has 0 unspecified atom stereocenters. The molecule has 0 saturated heterocycles. The normalized spacial score (nSPS) is 11.4. The van der Waals surface area contributed by atoms with Gasteiger partial charge in [-0.1, -0.05) is 113 Å². The van der Waals surface area contributed by atoms with Crippen LogP contribution in [0.5, 0.6) is 0 Å². The number of rotatable bonds is 3. The van der Waals surface area contributed by atoms with Crippen molar-refractivity contribution >= 4 is 48.4 Å². The lowest BCUT2D eigenvalue weighted by Gasteiger charge is -2.13. The molecule has 0 atom stereocenters. The zero-order valence-electron chi connectivity index (χ0n) is 19.9. The molecule has 174 valence electrons. The Kier molecular flexibility index (Phi) is 5.30. The second-order valence-corrected chi connectivity index (χ2v) is 10.1. The molecule has 0 bridgehead atoms. The third-order valence-electron chi connectivity index (χ3n) is 6.91. The van der Waals surface area contributed by atoms with Gasteiger partial charge in [0.25, 0.3) is 0 Å². The highest BCUT2D eigenvalue weighted by Gasteiger charge is 2.15. The van der Waals surface area contributed by atoms with Gasteiger partial charge in [0.15, 0.2) is 5.82 Å². The van der Waals surface area contributed by atoms with Crippen LogP contribution in [0.15, 0.2) is 132 Å². The van der Waals surface area contributed by atoms with E-state index in [1.165, 1.54) is 21.5 Å². The largest absolute Gasteiger partial charge is 0.228 e. The monoisotopic (exact) mass is 536 g/mol. The summed E-state index contributed by atoms with van der Waals surface area (Å²) in [4.78, 5) is 10.3. The van der Waals surface area contributed by atoms with Crippen LogP contribution in [0.1, 0.15) is 0 Å². The molecule has 0 fully saturated rings. The van der Waals surface area contributed by atoms with E-state index in [-0.39, 0.29) is 0 Å². The molecule has 0 saturated carbocycles. The Morgan fingerprint density at radius 2 is 1.16 bits per heavy atom. The van der Waals surface area contributed by atoms with Crippen LogP contribution in [-0.4, -0.2) is 9.97 Å². The molecule has 2 nitrogen and oxygen atoms in total. The van der Waals surface area contributed by atoms with Gasteiger partial charge in [0.1, 0.15) is 0 Å². The summed E-state index contributed by atoms with van der Waals surface area (Å²) < 4.78 is 1.07. The summed E-state index contributed by atoms with van der Waals surface area (Å²) in [5.74, 6) is 0.727. The van der Waals surface area contributed by atoms with Gasteiger partial charge < -0.3 is 0 Å². The molecule has 1 aromatic heterocycles. The number of aromatic nitrogens is 2. The molecule has 6 aromatic carbocycles. The van der Waals surface area contributed by atoms with Crippen LogP contribution in [0.3, 0.4) is 0 Å². The molecule has 37 heavy (non-hydrogen) atoms. The highest BCUT2D eigenvalue weighted by atomic mass is 79.9. The molecule has 0 aliphatic carbocycles. The maximum atomic E-state index is 5.23. The van der Waals surface area contributed by atoms with Crippen molar-refractivity contribution in [1.82, 2.24) is 9.97 Å². The molecule has 0 spiro atoms. The number of hydrogen-bond donors (Lipinski definition) is 0. The first kappa shape index (κ1) is 21.9. The van der Waals surface area contributed by atoms with Crippen molar-refractivity contribution in [1.29, 1.82) is 0 Å². The first-order valence-electron chi connectivity index (χ1n) is 12.3. The summed E-state index contributed by atoms with van der Waals surface area (Å²) in [5.41, 5.74) is 6.29. The smallest absolute Gasteiger partial charge is 0.160 e. The molecule has 7 aromatic rings. The average Bonchev–Trinajstić information content (AvgIpc) is 2.96. The van der Waals surface area contributed by atoms with Gasteiger partial charge in [0.05, 0.1) is 11.2 Å². The molecule has 0 amide bonds. The summed E-state index contributed by atoms with van der Waals surface area (Å²) in [6, 6.07) is 44.6. The summed E-state index contributed by atoms with van der Waals surface area (Å²) >= 11 is 3.53. The third kappa shape index (κ3) is 3.98. The molecular weight excluding hydrogens is 516 g/mol. The van der Waals surface area contributed by atoms with Crippen LogP contribution < -0.4 is 0 Å². The van der Waals surface area contributed by atoms with E-state index in [4.69, 9.17) is 9.97 Å². The van der Waals surface area contributed by atoms with E-state index in [0.29, 0.717) is 0 Å². The van der Waals surface area contributed by atoms with Crippen LogP contribution in [0.4, 0.5) is 0 Å². The summed E-state index contributed by atoms with van der Waals surface area (Å²) in [5, 5.41) is 5.85. The topological polar surface area (TPSA) is 25.8 Å². The lowest BCUT2D eigenvalue weighted by atomic mass is 9.97. The SMILES string of the molecule is Brc1ccc(-c2cccc(-c3nc(-c4ccc5ccccc5c4)c4c(ccc5ccccc54)n3)c2)cc1. The minimum atomic E-state index is 0.727. The van der Waals surface area contributed by atoms with Crippen molar-refractivity contribution in [3.8, 4) is 33.8 Å². The standard InChI is InChI=1S/C34H21BrN2/c35-29-17-14-23(15-18-29)26-9-5-10-28(21-26)34-36-31-19-16-24-7-3-4-11-30(24)32(31)33(37-34)27-13-12-22-6-1-2-8-25(22)20-27/h1-21H. The molecule has 3 heteroatoms. The predicted molar refractivity (Wildman–Crippen MR) is 159 cm³/mol. The highest BCUT2D eigenvalue weighted by Crippen LogP contribution is 2.36. The Morgan fingerprint density at radius 1 is 0.459 bits per heavy atom. The van der Waals surface area contributed by atoms with E-state index in [0.717, 1.165) is 49.1 Å². The third-order valence-corrected chi connectivity index (χ3v) is 7.44. The van der Waals surface area contributed by atoms with E-state index in [2.05, 4.69) is 143 Å². The highest BCUT2D eigenvalue weighted by molar-refractivity contribution is 9.10. The Labute approximate surface area is 223 Å². The maximum absolute atomic E-state index is 5.23. The van der Waals surface area contributed by atoms with Gasteiger partial charge in [-0.2, -0.15) is 0 Å². The van der Waals surface area contributed by atoms with Crippen molar-refractivity contribution in [3.63, 3.8) is 0 Å². The summed E-state index contributed by atoms with van der Waals surface area (Å²) in [6.07, 6.45) is 0. The maximum Gasteiger partial charge on any atom is 0.160 e. The van der Waals surface area contributed by atoms with Crippen LogP contribution in [-0.2, 0) is 0 Å². The number of hydrogen-bond acceptors (Lipinski definition) is 2. The summed E-state index contributed by atoms with van der Waals surface area (Å²) in [7, 11) is 0. The fourth-order valence-corrected chi connectivity index (χ4v) is 5.32. The number of halogens is 1. The quantitative estimate of drug-likeness (QED) is 0.210. The van der Waals surface area contributed by atoms with Crippen molar-refractivity contribution in [2.24, 2.45) is 0 Å². The molecule has 7 rings (SSSR count). The Hall–Kier alpha value is -4.34. The second kappa shape index (κ2) is 8.95. The van der Waals surface area contributed by atoms with Crippen LogP contribution in [0, 0.1) is 0 Å². The molecule has 0 radical (unpaired) electrons. The Morgan fingerprint density at radius 3 is 2.03 bits per heavy atom. The first-order chi connectivity index (χ1) is 18.2. The Balaban J connectivity index is 1.49. The van der Waals surface area contributed by atoms with Crippen molar-refractivity contribution in [2.45, 2.75) is 0 Å². The van der Waals surface area contributed by atoms with Gasteiger partial charge in [-0.3, -0.25) is 0 Å². The van der Waals surface area contributed by atoms with Crippen molar-refractivity contribution in [2.75, 3.05) is 0 Å².